The first-order chi connectivity index (χ1) is 8.45. The molecule has 0 unspecified atom stereocenters. The maximum atomic E-state index is 11.9. The van der Waals surface area contributed by atoms with E-state index < -0.39 is 9.84 Å². The highest BCUT2D eigenvalue weighted by Crippen LogP contribution is 2.34. The summed E-state index contributed by atoms with van der Waals surface area (Å²) in [5.41, 5.74) is 6.11. The van der Waals surface area contributed by atoms with Crippen LogP contribution < -0.4 is 15.2 Å². The normalized spacial score (nSPS) is 11.3. The molecule has 0 spiro atoms. The minimum Gasteiger partial charge on any atom is -0.496 e. The molecule has 102 valence electrons. The standard InChI is InChI=1S/C12H19NO4S/c1-16-10-6-7-11(17-2)12(18(3,14)15)9(10)5-4-8-13/h6-7H,4-5,8,13H2,1-3H3. The third kappa shape index (κ3) is 3.14. The van der Waals surface area contributed by atoms with Gasteiger partial charge < -0.3 is 15.2 Å². The van der Waals surface area contributed by atoms with Gasteiger partial charge in [0, 0.05) is 11.8 Å². The van der Waals surface area contributed by atoms with E-state index in [4.69, 9.17) is 15.2 Å². The molecule has 1 aromatic carbocycles. The Hall–Kier alpha value is -1.27. The fourth-order valence-electron chi connectivity index (χ4n) is 1.86. The van der Waals surface area contributed by atoms with Crippen LogP contribution in [-0.2, 0) is 16.3 Å². The lowest BCUT2D eigenvalue weighted by molar-refractivity contribution is 0.387. The zero-order chi connectivity index (χ0) is 13.8. The second-order valence-corrected chi connectivity index (χ2v) is 5.89. The van der Waals surface area contributed by atoms with E-state index in [9.17, 15) is 8.42 Å². The molecule has 18 heavy (non-hydrogen) atoms. The quantitative estimate of drug-likeness (QED) is 0.836. The molecule has 0 aromatic heterocycles. The van der Waals surface area contributed by atoms with Gasteiger partial charge in [-0.15, -0.1) is 0 Å². The third-order valence-electron chi connectivity index (χ3n) is 2.62. The summed E-state index contributed by atoms with van der Waals surface area (Å²) in [4.78, 5) is 0.192. The third-order valence-corrected chi connectivity index (χ3v) is 3.81. The van der Waals surface area contributed by atoms with Crippen LogP contribution in [0.15, 0.2) is 17.0 Å². The van der Waals surface area contributed by atoms with E-state index in [-0.39, 0.29) is 4.90 Å². The lowest BCUT2D eigenvalue weighted by Crippen LogP contribution is -2.09. The summed E-state index contributed by atoms with van der Waals surface area (Å²) in [5.74, 6) is 0.884. The molecule has 6 heteroatoms. The number of rotatable bonds is 6. The van der Waals surface area contributed by atoms with Crippen LogP contribution in [0.5, 0.6) is 11.5 Å². The van der Waals surface area contributed by atoms with Crippen molar-refractivity contribution in [2.24, 2.45) is 5.73 Å². The maximum absolute atomic E-state index is 11.9. The molecular weight excluding hydrogens is 254 g/mol. The van der Waals surface area contributed by atoms with Crippen molar-refractivity contribution < 1.29 is 17.9 Å². The van der Waals surface area contributed by atoms with Gasteiger partial charge in [0.25, 0.3) is 0 Å². The van der Waals surface area contributed by atoms with Gasteiger partial charge in [0.05, 0.1) is 14.2 Å². The zero-order valence-corrected chi connectivity index (χ0v) is 11.7. The van der Waals surface area contributed by atoms with Crippen molar-refractivity contribution in [1.29, 1.82) is 0 Å². The number of sulfone groups is 1. The highest BCUT2D eigenvalue weighted by molar-refractivity contribution is 7.90. The lowest BCUT2D eigenvalue weighted by Gasteiger charge is -2.15. The van der Waals surface area contributed by atoms with Gasteiger partial charge in [-0.3, -0.25) is 0 Å². The molecule has 0 amide bonds. The van der Waals surface area contributed by atoms with E-state index in [2.05, 4.69) is 0 Å². The van der Waals surface area contributed by atoms with Crippen molar-refractivity contribution in [2.75, 3.05) is 27.0 Å². The first-order valence-corrected chi connectivity index (χ1v) is 7.48. The summed E-state index contributed by atoms with van der Waals surface area (Å²) in [6, 6.07) is 3.31. The van der Waals surface area contributed by atoms with Crippen molar-refractivity contribution in [1.82, 2.24) is 0 Å². The fraction of sp³-hybridized carbons (Fsp3) is 0.500. The van der Waals surface area contributed by atoms with Gasteiger partial charge in [-0.25, -0.2) is 8.42 Å². The number of nitrogens with two attached hydrogens (primary N) is 1. The molecule has 0 fully saturated rings. The van der Waals surface area contributed by atoms with E-state index in [1.807, 2.05) is 0 Å². The number of methoxy groups -OCH3 is 2. The average molecular weight is 273 g/mol. The highest BCUT2D eigenvalue weighted by atomic mass is 32.2. The van der Waals surface area contributed by atoms with Crippen LogP contribution >= 0.6 is 0 Å². The fourth-order valence-corrected chi connectivity index (χ4v) is 3.03. The first-order valence-electron chi connectivity index (χ1n) is 5.59. The SMILES string of the molecule is COc1ccc(OC)c(S(C)(=O)=O)c1CCCN. The van der Waals surface area contributed by atoms with E-state index in [1.165, 1.54) is 14.2 Å². The Morgan fingerprint density at radius 2 is 1.72 bits per heavy atom. The van der Waals surface area contributed by atoms with Crippen LogP contribution in [0.25, 0.3) is 0 Å². The molecule has 2 N–H and O–H groups in total. The zero-order valence-electron chi connectivity index (χ0n) is 10.9. The average Bonchev–Trinajstić information content (AvgIpc) is 2.33. The van der Waals surface area contributed by atoms with Crippen LogP contribution in [0.2, 0.25) is 0 Å². The molecule has 0 saturated carbocycles. The summed E-state index contributed by atoms with van der Waals surface area (Å²) in [6.07, 6.45) is 2.39. The van der Waals surface area contributed by atoms with E-state index in [1.54, 1.807) is 12.1 Å². The second-order valence-electron chi connectivity index (χ2n) is 3.94. The molecule has 0 aliphatic rings. The van der Waals surface area contributed by atoms with Gasteiger partial charge >= 0.3 is 0 Å². The van der Waals surface area contributed by atoms with E-state index >= 15 is 0 Å². The molecule has 0 bridgehead atoms. The maximum Gasteiger partial charge on any atom is 0.179 e. The molecule has 0 aliphatic carbocycles. The molecule has 5 nitrogen and oxygen atoms in total. The number of benzene rings is 1. The first kappa shape index (κ1) is 14.8. The minimum atomic E-state index is -3.39. The van der Waals surface area contributed by atoms with E-state index in [0.29, 0.717) is 36.4 Å². The predicted molar refractivity (Wildman–Crippen MR) is 70.0 cm³/mol. The van der Waals surface area contributed by atoms with Crippen LogP contribution in [0.3, 0.4) is 0 Å². The molecule has 0 radical (unpaired) electrons. The number of ether oxygens (including phenoxy) is 2. The Labute approximate surface area is 108 Å². The van der Waals surface area contributed by atoms with Gasteiger partial charge in [0.15, 0.2) is 9.84 Å². The van der Waals surface area contributed by atoms with Gasteiger partial charge in [-0.1, -0.05) is 0 Å². The monoisotopic (exact) mass is 273 g/mol. The molecule has 0 aliphatic heterocycles. The van der Waals surface area contributed by atoms with Crippen molar-refractivity contribution >= 4 is 9.84 Å². The van der Waals surface area contributed by atoms with Crippen molar-refractivity contribution in [3.63, 3.8) is 0 Å². The Morgan fingerprint density at radius 3 is 2.17 bits per heavy atom. The molecule has 0 atom stereocenters. The van der Waals surface area contributed by atoms with Crippen molar-refractivity contribution in [3.8, 4) is 11.5 Å². The lowest BCUT2D eigenvalue weighted by atomic mass is 10.1. The summed E-state index contributed by atoms with van der Waals surface area (Å²) in [6.45, 7) is 0.490. The topological polar surface area (TPSA) is 78.6 Å². The molecule has 1 rings (SSSR count). The summed E-state index contributed by atoms with van der Waals surface area (Å²) < 4.78 is 34.1. The Bertz CT molecular complexity index is 511. The second kappa shape index (κ2) is 6.06. The summed E-state index contributed by atoms with van der Waals surface area (Å²) in [7, 11) is -0.424. The Balaban J connectivity index is 3.48. The van der Waals surface area contributed by atoms with Crippen molar-refractivity contribution in [2.45, 2.75) is 17.7 Å². The highest BCUT2D eigenvalue weighted by Gasteiger charge is 2.22. The Morgan fingerprint density at radius 1 is 1.17 bits per heavy atom. The van der Waals surface area contributed by atoms with Crippen LogP contribution in [0, 0.1) is 0 Å². The predicted octanol–water partition coefficient (Wildman–Crippen LogP) is 0.999. The Kier molecular flexibility index (Phi) is 4.98. The van der Waals surface area contributed by atoms with Crippen molar-refractivity contribution in [3.05, 3.63) is 17.7 Å². The molecular formula is C12H19NO4S. The van der Waals surface area contributed by atoms with Crippen LogP contribution in [-0.4, -0.2) is 35.4 Å². The van der Waals surface area contributed by atoms with Gasteiger partial charge in [0.1, 0.15) is 16.4 Å². The smallest absolute Gasteiger partial charge is 0.179 e. The van der Waals surface area contributed by atoms with E-state index in [0.717, 1.165) is 6.26 Å². The minimum absolute atomic E-state index is 0.192. The van der Waals surface area contributed by atoms with Gasteiger partial charge in [0.2, 0.25) is 0 Å². The molecule has 0 heterocycles. The van der Waals surface area contributed by atoms with Crippen LogP contribution in [0.1, 0.15) is 12.0 Å². The van der Waals surface area contributed by atoms with Crippen LogP contribution in [0.4, 0.5) is 0 Å². The largest absolute Gasteiger partial charge is 0.496 e. The molecule has 0 saturated heterocycles. The number of hydrogen-bond acceptors (Lipinski definition) is 5. The van der Waals surface area contributed by atoms with Gasteiger partial charge in [-0.05, 0) is 31.5 Å². The van der Waals surface area contributed by atoms with Gasteiger partial charge in [-0.2, -0.15) is 0 Å². The molecule has 1 aromatic rings. The summed E-state index contributed by atoms with van der Waals surface area (Å²) in [5, 5.41) is 0. The summed E-state index contributed by atoms with van der Waals surface area (Å²) >= 11 is 0. The number of hydrogen-bond donors (Lipinski definition) is 1.